The molecule has 1 N–H and O–H groups in total. The minimum atomic E-state index is -0.690. The largest absolute Gasteiger partial charge is 0.371 e. The Morgan fingerprint density at radius 2 is 1.84 bits per heavy atom. The minimum Gasteiger partial charge on any atom is -0.371 e. The summed E-state index contributed by atoms with van der Waals surface area (Å²) in [5.74, 6) is -1.29. The lowest BCUT2D eigenvalue weighted by Crippen LogP contribution is -2.00. The lowest BCUT2D eigenvalue weighted by atomic mass is 10.2. The van der Waals surface area contributed by atoms with Gasteiger partial charge in [0, 0.05) is 18.0 Å². The van der Waals surface area contributed by atoms with Crippen molar-refractivity contribution < 1.29 is 8.78 Å². The number of halogens is 2. The molecular weight excluding hydrogens is 266 g/mol. The highest BCUT2D eigenvalue weighted by Gasteiger charge is 2.13. The second-order valence-electron chi connectivity index (χ2n) is 4.23. The molecule has 0 saturated heterocycles. The fourth-order valence-electron chi connectivity index (χ4n) is 1.62. The third-order valence-corrected chi connectivity index (χ3v) is 3.82. The van der Waals surface area contributed by atoms with E-state index in [0.29, 0.717) is 0 Å². The van der Waals surface area contributed by atoms with Crippen LogP contribution in [0.4, 0.5) is 14.6 Å². The quantitative estimate of drug-likeness (QED) is 0.913. The third-order valence-electron chi connectivity index (χ3n) is 2.68. The van der Waals surface area contributed by atoms with Crippen LogP contribution in [0.1, 0.15) is 11.1 Å². The zero-order valence-corrected chi connectivity index (χ0v) is 11.7. The van der Waals surface area contributed by atoms with E-state index < -0.39 is 11.6 Å². The van der Waals surface area contributed by atoms with Gasteiger partial charge in [0.05, 0.1) is 0 Å². The van der Waals surface area contributed by atoms with Gasteiger partial charge in [0.25, 0.3) is 0 Å². The van der Waals surface area contributed by atoms with Crippen LogP contribution in [0.25, 0.3) is 0 Å². The van der Waals surface area contributed by atoms with Gasteiger partial charge in [-0.3, -0.25) is 0 Å². The van der Waals surface area contributed by atoms with Gasteiger partial charge in [-0.25, -0.2) is 13.8 Å². The summed E-state index contributed by atoms with van der Waals surface area (Å²) < 4.78 is 27.1. The number of nitrogens with zero attached hydrogens (tertiary/aromatic N) is 1. The Morgan fingerprint density at radius 3 is 2.53 bits per heavy atom. The predicted molar refractivity (Wildman–Crippen MR) is 73.7 cm³/mol. The first-order valence-electron chi connectivity index (χ1n) is 5.80. The van der Waals surface area contributed by atoms with Gasteiger partial charge in [0.2, 0.25) is 0 Å². The Bertz CT molecular complexity index is 615. The van der Waals surface area contributed by atoms with E-state index in [1.807, 2.05) is 32.0 Å². The highest BCUT2D eigenvalue weighted by Crippen LogP contribution is 2.32. The van der Waals surface area contributed by atoms with Gasteiger partial charge < -0.3 is 5.32 Å². The molecular formula is C14H14F2N2S. The van der Waals surface area contributed by atoms with Crippen molar-refractivity contribution in [2.45, 2.75) is 23.8 Å². The van der Waals surface area contributed by atoms with E-state index >= 15 is 0 Å². The summed E-state index contributed by atoms with van der Waals surface area (Å²) in [4.78, 5) is 4.87. The monoisotopic (exact) mass is 280 g/mol. The van der Waals surface area contributed by atoms with Gasteiger partial charge in [-0.05, 0) is 31.0 Å². The Morgan fingerprint density at radius 1 is 1.11 bits per heavy atom. The zero-order chi connectivity index (χ0) is 14.0. The first-order chi connectivity index (χ1) is 9.01. The molecule has 5 heteroatoms. The molecule has 100 valence electrons. The smallest absolute Gasteiger partial charge is 0.168 e. The van der Waals surface area contributed by atoms with Crippen LogP contribution in [0.2, 0.25) is 0 Å². The number of hydrogen-bond donors (Lipinski definition) is 1. The summed E-state index contributed by atoms with van der Waals surface area (Å²) >= 11 is 1.20. The first-order valence-corrected chi connectivity index (χ1v) is 6.62. The molecule has 1 aromatic carbocycles. The molecule has 0 unspecified atom stereocenters. The number of aromatic nitrogens is 1. The molecule has 2 aromatic rings. The highest BCUT2D eigenvalue weighted by molar-refractivity contribution is 7.99. The van der Waals surface area contributed by atoms with Crippen LogP contribution in [0.15, 0.2) is 34.2 Å². The zero-order valence-electron chi connectivity index (χ0n) is 10.9. The summed E-state index contributed by atoms with van der Waals surface area (Å²) in [6.07, 6.45) is 0. The van der Waals surface area contributed by atoms with E-state index in [2.05, 4.69) is 10.3 Å². The lowest BCUT2D eigenvalue weighted by molar-refractivity contribution is 0.551. The van der Waals surface area contributed by atoms with E-state index in [4.69, 9.17) is 0 Å². The van der Waals surface area contributed by atoms with Crippen molar-refractivity contribution in [3.63, 3.8) is 0 Å². The molecule has 0 aliphatic heterocycles. The third kappa shape index (κ3) is 3.04. The van der Waals surface area contributed by atoms with Gasteiger partial charge >= 0.3 is 0 Å². The maximum Gasteiger partial charge on any atom is 0.168 e. The van der Waals surface area contributed by atoms with Crippen LogP contribution >= 0.6 is 11.8 Å². The highest BCUT2D eigenvalue weighted by atomic mass is 32.2. The van der Waals surface area contributed by atoms with Gasteiger partial charge in [-0.15, -0.1) is 0 Å². The fourth-order valence-corrected chi connectivity index (χ4v) is 2.59. The van der Waals surface area contributed by atoms with Crippen LogP contribution in [-0.2, 0) is 0 Å². The number of pyridine rings is 1. The maximum atomic E-state index is 13.7. The minimum absolute atomic E-state index is 0.0502. The summed E-state index contributed by atoms with van der Waals surface area (Å²) in [6, 6.07) is 6.78. The van der Waals surface area contributed by atoms with E-state index in [1.165, 1.54) is 11.8 Å². The van der Waals surface area contributed by atoms with Gasteiger partial charge in [-0.1, -0.05) is 23.9 Å². The molecule has 19 heavy (non-hydrogen) atoms. The normalized spacial score (nSPS) is 10.6. The van der Waals surface area contributed by atoms with Crippen LogP contribution in [0.5, 0.6) is 0 Å². The SMILES string of the molecule is CNc1nc(Sc2cc(C)ccc2C)c(F)cc1F. The van der Waals surface area contributed by atoms with Crippen molar-refractivity contribution in [2.75, 3.05) is 12.4 Å². The van der Waals surface area contributed by atoms with Gasteiger partial charge in [-0.2, -0.15) is 0 Å². The number of anilines is 1. The maximum absolute atomic E-state index is 13.7. The number of aryl methyl sites for hydroxylation is 2. The Labute approximate surface area is 115 Å². The summed E-state index contributed by atoms with van der Waals surface area (Å²) in [5.41, 5.74) is 2.12. The number of nitrogens with one attached hydrogen (secondary N) is 1. The van der Waals surface area contributed by atoms with Gasteiger partial charge in [0.15, 0.2) is 17.5 Å². The standard InChI is InChI=1S/C14H14F2N2S/c1-8-4-5-9(2)12(6-8)19-14-11(16)7-10(15)13(17-3)18-14/h4-7H,1-3H3,(H,17,18). The number of rotatable bonds is 3. The van der Waals surface area contributed by atoms with Crippen molar-refractivity contribution in [2.24, 2.45) is 0 Å². The van der Waals surface area contributed by atoms with Crippen molar-refractivity contribution in [3.8, 4) is 0 Å². The second-order valence-corrected chi connectivity index (χ2v) is 5.26. The molecule has 1 heterocycles. The number of benzene rings is 1. The Kier molecular flexibility index (Phi) is 4.04. The van der Waals surface area contributed by atoms with Crippen LogP contribution in [0.3, 0.4) is 0 Å². The Hall–Kier alpha value is -1.62. The predicted octanol–water partition coefficient (Wildman–Crippen LogP) is 4.17. The summed E-state index contributed by atoms with van der Waals surface area (Å²) in [6.45, 7) is 3.92. The van der Waals surface area contributed by atoms with E-state index in [0.717, 1.165) is 22.1 Å². The van der Waals surface area contributed by atoms with Crippen LogP contribution in [-0.4, -0.2) is 12.0 Å². The summed E-state index contributed by atoms with van der Waals surface area (Å²) in [7, 11) is 1.55. The first kappa shape index (κ1) is 13.8. The molecule has 0 amide bonds. The fraction of sp³-hybridized carbons (Fsp3) is 0.214. The van der Waals surface area contributed by atoms with Gasteiger partial charge in [0.1, 0.15) is 5.03 Å². The molecule has 1 aromatic heterocycles. The van der Waals surface area contributed by atoms with E-state index in [-0.39, 0.29) is 10.8 Å². The topological polar surface area (TPSA) is 24.9 Å². The van der Waals surface area contributed by atoms with Crippen molar-refractivity contribution >= 4 is 17.6 Å². The summed E-state index contributed by atoms with van der Waals surface area (Å²) in [5, 5.41) is 2.77. The molecule has 0 bridgehead atoms. The van der Waals surface area contributed by atoms with E-state index in [9.17, 15) is 8.78 Å². The second kappa shape index (κ2) is 5.57. The molecule has 2 rings (SSSR count). The van der Waals surface area contributed by atoms with Crippen molar-refractivity contribution in [1.29, 1.82) is 0 Å². The van der Waals surface area contributed by atoms with Crippen molar-refractivity contribution in [3.05, 3.63) is 47.0 Å². The van der Waals surface area contributed by atoms with Crippen LogP contribution in [0, 0.1) is 25.5 Å². The Balaban J connectivity index is 2.40. The molecule has 0 spiro atoms. The molecule has 0 aliphatic carbocycles. The average molecular weight is 280 g/mol. The lowest BCUT2D eigenvalue weighted by Gasteiger charge is -2.09. The number of hydrogen-bond acceptors (Lipinski definition) is 3. The molecule has 0 aliphatic rings. The van der Waals surface area contributed by atoms with Crippen LogP contribution < -0.4 is 5.32 Å². The molecule has 2 nitrogen and oxygen atoms in total. The van der Waals surface area contributed by atoms with E-state index in [1.54, 1.807) is 7.05 Å². The molecule has 0 saturated carbocycles. The molecule has 0 atom stereocenters. The molecule has 0 fully saturated rings. The average Bonchev–Trinajstić information content (AvgIpc) is 2.37. The molecule has 0 radical (unpaired) electrons. The van der Waals surface area contributed by atoms with Crippen molar-refractivity contribution in [1.82, 2.24) is 4.98 Å².